The molecule has 0 aliphatic heterocycles. The minimum Gasteiger partial charge on any atom is -0.494 e. The van der Waals surface area contributed by atoms with Crippen molar-refractivity contribution in [3.05, 3.63) is 54.6 Å². The number of rotatable bonds is 9. The van der Waals surface area contributed by atoms with E-state index in [2.05, 4.69) is 14.9 Å². The van der Waals surface area contributed by atoms with E-state index in [9.17, 15) is 8.78 Å². The normalized spacial score (nSPS) is 10.9. The molecule has 0 fully saturated rings. The average molecular weight is 392 g/mol. The van der Waals surface area contributed by atoms with Gasteiger partial charge in [0, 0.05) is 11.3 Å². The van der Waals surface area contributed by atoms with Gasteiger partial charge >= 0.3 is 6.61 Å². The van der Waals surface area contributed by atoms with Crippen LogP contribution in [0.3, 0.4) is 0 Å². The summed E-state index contributed by atoms with van der Waals surface area (Å²) in [5.74, 6) is 8.17. The minimum absolute atomic E-state index is 0.0739. The molecule has 0 aliphatic carbocycles. The van der Waals surface area contributed by atoms with Gasteiger partial charge in [-0.1, -0.05) is 30.0 Å². The molecule has 0 aliphatic rings. The highest BCUT2D eigenvalue weighted by Gasteiger charge is 2.13. The van der Waals surface area contributed by atoms with Crippen LogP contribution in [0, 0.1) is 0 Å². The molecule has 0 bridgehead atoms. The Morgan fingerprint density at radius 3 is 2.44 bits per heavy atom. The van der Waals surface area contributed by atoms with Crippen molar-refractivity contribution in [2.75, 3.05) is 18.2 Å². The number of hydrogen-bond acceptors (Lipinski definition) is 6. The van der Waals surface area contributed by atoms with Gasteiger partial charge in [-0.25, -0.2) is 4.68 Å². The van der Waals surface area contributed by atoms with Gasteiger partial charge in [0.2, 0.25) is 5.16 Å². The third kappa shape index (κ3) is 5.33. The Kier molecular flexibility index (Phi) is 6.48. The number of aromatic nitrogens is 3. The van der Waals surface area contributed by atoms with Gasteiger partial charge in [0.05, 0.1) is 6.61 Å². The van der Waals surface area contributed by atoms with Crippen molar-refractivity contribution in [3.8, 4) is 22.9 Å². The van der Waals surface area contributed by atoms with Crippen molar-refractivity contribution in [1.82, 2.24) is 14.9 Å². The Balaban J connectivity index is 1.51. The van der Waals surface area contributed by atoms with Crippen LogP contribution < -0.4 is 15.3 Å². The summed E-state index contributed by atoms with van der Waals surface area (Å²) < 4.78 is 35.7. The molecular weight excluding hydrogens is 374 g/mol. The zero-order valence-electron chi connectivity index (χ0n) is 14.3. The highest BCUT2D eigenvalue weighted by molar-refractivity contribution is 7.99. The van der Waals surface area contributed by atoms with Crippen LogP contribution in [-0.4, -0.2) is 33.8 Å². The molecule has 0 saturated heterocycles. The fourth-order valence-corrected chi connectivity index (χ4v) is 3.06. The maximum Gasteiger partial charge on any atom is 0.387 e. The maximum absolute atomic E-state index is 12.2. The van der Waals surface area contributed by atoms with E-state index < -0.39 is 6.61 Å². The third-order valence-electron chi connectivity index (χ3n) is 3.53. The highest BCUT2D eigenvalue weighted by Crippen LogP contribution is 2.24. The van der Waals surface area contributed by atoms with Gasteiger partial charge in [0.25, 0.3) is 0 Å². The number of hydrogen-bond donors (Lipinski definition) is 1. The number of thioether (sulfide) groups is 1. The molecule has 0 amide bonds. The highest BCUT2D eigenvalue weighted by atomic mass is 32.2. The van der Waals surface area contributed by atoms with E-state index in [0.29, 0.717) is 23.2 Å². The van der Waals surface area contributed by atoms with Gasteiger partial charge in [-0.15, -0.1) is 10.2 Å². The summed E-state index contributed by atoms with van der Waals surface area (Å²) in [5, 5.41) is 8.71. The molecule has 0 atom stereocenters. The van der Waals surface area contributed by atoms with E-state index in [4.69, 9.17) is 10.6 Å². The summed E-state index contributed by atoms with van der Waals surface area (Å²) in [6, 6.07) is 15.7. The minimum atomic E-state index is -2.86. The SMILES string of the molecule is Nn1c(SCCCOc2ccccc2)nnc1-c1ccc(OC(F)F)cc1. The van der Waals surface area contributed by atoms with Crippen molar-refractivity contribution >= 4 is 11.8 Å². The van der Waals surface area contributed by atoms with E-state index in [0.717, 1.165) is 17.9 Å². The number of halogens is 2. The van der Waals surface area contributed by atoms with Crippen LogP contribution in [0.15, 0.2) is 59.8 Å². The first kappa shape index (κ1) is 19.0. The van der Waals surface area contributed by atoms with E-state index >= 15 is 0 Å². The monoisotopic (exact) mass is 392 g/mol. The molecule has 0 radical (unpaired) electrons. The lowest BCUT2D eigenvalue weighted by atomic mass is 10.2. The number of benzene rings is 2. The summed E-state index contributed by atoms with van der Waals surface area (Å²) in [6.45, 7) is -2.27. The second-order valence-electron chi connectivity index (χ2n) is 5.44. The molecule has 0 unspecified atom stereocenters. The van der Waals surface area contributed by atoms with E-state index in [-0.39, 0.29) is 5.75 Å². The van der Waals surface area contributed by atoms with Crippen LogP contribution in [0.25, 0.3) is 11.4 Å². The average Bonchev–Trinajstić information content (AvgIpc) is 3.03. The standard InChI is InChI=1S/C18H18F2N4O2S/c19-17(20)26-15-9-7-13(8-10-15)16-22-23-18(24(16)21)27-12-4-11-25-14-5-2-1-3-6-14/h1-3,5-10,17H,4,11-12,21H2. The van der Waals surface area contributed by atoms with Crippen LogP contribution in [0.4, 0.5) is 8.78 Å². The molecule has 0 saturated carbocycles. The van der Waals surface area contributed by atoms with Gasteiger partial charge in [0.1, 0.15) is 11.5 Å². The number of nitrogens with zero attached hydrogens (tertiary/aromatic N) is 3. The van der Waals surface area contributed by atoms with Crippen LogP contribution in [0.1, 0.15) is 6.42 Å². The second-order valence-corrected chi connectivity index (χ2v) is 6.50. The number of ether oxygens (including phenoxy) is 2. The third-order valence-corrected chi connectivity index (χ3v) is 4.56. The van der Waals surface area contributed by atoms with Crippen molar-refractivity contribution < 1.29 is 18.3 Å². The molecule has 2 N–H and O–H groups in total. The fourth-order valence-electron chi connectivity index (χ4n) is 2.29. The summed E-state index contributed by atoms with van der Waals surface area (Å²) in [5.41, 5.74) is 0.658. The first-order valence-corrected chi connectivity index (χ1v) is 9.18. The van der Waals surface area contributed by atoms with Gasteiger partial charge in [0.15, 0.2) is 5.82 Å². The number of nitrogens with two attached hydrogens (primary N) is 1. The molecule has 9 heteroatoms. The predicted octanol–water partition coefficient (Wildman–Crippen LogP) is 3.82. The number of nitrogen functional groups attached to an aromatic ring is 1. The molecule has 142 valence electrons. The van der Waals surface area contributed by atoms with Crippen LogP contribution in [-0.2, 0) is 0 Å². The topological polar surface area (TPSA) is 75.2 Å². The van der Waals surface area contributed by atoms with Crippen molar-refractivity contribution in [2.24, 2.45) is 0 Å². The first-order valence-electron chi connectivity index (χ1n) is 8.20. The van der Waals surface area contributed by atoms with Gasteiger partial charge in [-0.05, 0) is 42.8 Å². The van der Waals surface area contributed by atoms with Gasteiger partial charge in [-0.2, -0.15) is 8.78 Å². The van der Waals surface area contributed by atoms with Crippen molar-refractivity contribution in [1.29, 1.82) is 0 Å². The Hall–Kier alpha value is -2.81. The first-order chi connectivity index (χ1) is 13.1. The molecule has 27 heavy (non-hydrogen) atoms. The zero-order chi connectivity index (χ0) is 19.1. The van der Waals surface area contributed by atoms with E-state index in [1.54, 1.807) is 12.1 Å². The smallest absolute Gasteiger partial charge is 0.387 e. The molecule has 0 spiro atoms. The molecular formula is C18H18F2N4O2S. The quantitative estimate of drug-likeness (QED) is 0.339. The largest absolute Gasteiger partial charge is 0.494 e. The zero-order valence-corrected chi connectivity index (χ0v) is 15.1. The lowest BCUT2D eigenvalue weighted by Gasteiger charge is -2.07. The molecule has 6 nitrogen and oxygen atoms in total. The van der Waals surface area contributed by atoms with Gasteiger partial charge in [-0.3, -0.25) is 0 Å². The van der Waals surface area contributed by atoms with E-state index in [1.807, 2.05) is 30.3 Å². The molecule has 3 rings (SSSR count). The maximum atomic E-state index is 12.2. The fraction of sp³-hybridized carbons (Fsp3) is 0.222. The molecule has 3 aromatic rings. The summed E-state index contributed by atoms with van der Waals surface area (Å²) >= 11 is 1.47. The van der Waals surface area contributed by atoms with Gasteiger partial charge < -0.3 is 15.3 Å². The number of alkyl halides is 2. The summed E-state index contributed by atoms with van der Waals surface area (Å²) in [7, 11) is 0. The summed E-state index contributed by atoms with van der Waals surface area (Å²) in [4.78, 5) is 0. The molecule has 1 heterocycles. The predicted molar refractivity (Wildman–Crippen MR) is 99.5 cm³/mol. The van der Waals surface area contributed by atoms with Crippen LogP contribution in [0.5, 0.6) is 11.5 Å². The molecule has 2 aromatic carbocycles. The van der Waals surface area contributed by atoms with Crippen LogP contribution >= 0.6 is 11.8 Å². The molecule has 1 aromatic heterocycles. The Bertz CT molecular complexity index is 844. The van der Waals surface area contributed by atoms with Crippen molar-refractivity contribution in [3.63, 3.8) is 0 Å². The Morgan fingerprint density at radius 2 is 1.74 bits per heavy atom. The Labute approximate surface area is 159 Å². The van der Waals surface area contributed by atoms with E-state index in [1.165, 1.54) is 28.6 Å². The second kappa shape index (κ2) is 9.22. The summed E-state index contributed by atoms with van der Waals surface area (Å²) in [6.07, 6.45) is 0.821. The van der Waals surface area contributed by atoms with Crippen molar-refractivity contribution in [2.45, 2.75) is 18.2 Å². The number of para-hydroxylation sites is 1. The lowest BCUT2D eigenvalue weighted by molar-refractivity contribution is -0.0498. The Morgan fingerprint density at radius 1 is 1.00 bits per heavy atom. The lowest BCUT2D eigenvalue weighted by Crippen LogP contribution is -2.12. The van der Waals surface area contributed by atoms with Crippen LogP contribution in [0.2, 0.25) is 0 Å².